The van der Waals surface area contributed by atoms with Gasteiger partial charge in [-0.05, 0) is 60.4 Å². The number of nitrogens with one attached hydrogen (secondary N) is 1. The minimum atomic E-state index is -0.177. The highest BCUT2D eigenvalue weighted by Crippen LogP contribution is 2.32. The van der Waals surface area contributed by atoms with Crippen LogP contribution in [0.25, 0.3) is 0 Å². The molecule has 0 spiro atoms. The number of nitrogens with zero attached hydrogens (tertiary/aromatic N) is 1. The summed E-state index contributed by atoms with van der Waals surface area (Å²) in [6, 6.07) is 16.4. The van der Waals surface area contributed by atoms with Gasteiger partial charge >= 0.3 is 0 Å². The van der Waals surface area contributed by atoms with Crippen LogP contribution in [0.3, 0.4) is 0 Å². The summed E-state index contributed by atoms with van der Waals surface area (Å²) >= 11 is 0. The lowest BCUT2D eigenvalue weighted by Crippen LogP contribution is -2.19. The molecule has 1 fully saturated rings. The maximum atomic E-state index is 12.3. The van der Waals surface area contributed by atoms with Crippen LogP contribution in [-0.2, 0) is 0 Å². The lowest BCUT2D eigenvalue weighted by atomic mass is 9.84. The van der Waals surface area contributed by atoms with E-state index in [-0.39, 0.29) is 5.91 Å². The first-order valence-corrected chi connectivity index (χ1v) is 10.1. The molecule has 1 aliphatic rings. The van der Waals surface area contributed by atoms with Crippen molar-refractivity contribution in [2.75, 3.05) is 0 Å². The minimum absolute atomic E-state index is 0.177. The number of hydrazone groups is 1. The molecule has 3 rings (SSSR count). The first-order chi connectivity index (χ1) is 13.0. The lowest BCUT2D eigenvalue weighted by Gasteiger charge is -2.22. The summed E-state index contributed by atoms with van der Waals surface area (Å²) in [5.74, 6) is 0.987. The number of rotatable bonds is 5. The maximum absolute atomic E-state index is 12.3. The van der Waals surface area contributed by atoms with Crippen LogP contribution in [0.5, 0.6) is 0 Å². The van der Waals surface area contributed by atoms with Gasteiger partial charge < -0.3 is 0 Å². The lowest BCUT2D eigenvalue weighted by molar-refractivity contribution is 0.0955. The quantitative estimate of drug-likeness (QED) is 0.513. The van der Waals surface area contributed by atoms with Crippen molar-refractivity contribution in [3.8, 4) is 0 Å². The molecule has 0 aliphatic heterocycles. The van der Waals surface area contributed by atoms with Crippen LogP contribution in [0.4, 0.5) is 0 Å². The van der Waals surface area contributed by atoms with Crippen LogP contribution < -0.4 is 5.43 Å². The standard InChI is InChI=1S/C24H30N2O/c1-17(2)19-9-15-23(16-10-19)24(27)26-25-18(3)20-11-13-22(14-12-20)21-7-5-4-6-8-21/h9-17,21H,4-8H2,1-3H3,(H,26,27). The monoisotopic (exact) mass is 362 g/mol. The van der Waals surface area contributed by atoms with E-state index in [4.69, 9.17) is 0 Å². The average molecular weight is 363 g/mol. The Morgan fingerprint density at radius 2 is 1.52 bits per heavy atom. The van der Waals surface area contributed by atoms with E-state index in [9.17, 15) is 4.79 Å². The van der Waals surface area contributed by atoms with Gasteiger partial charge in [-0.15, -0.1) is 0 Å². The van der Waals surface area contributed by atoms with Gasteiger partial charge in [0, 0.05) is 5.56 Å². The molecule has 0 bridgehead atoms. The molecule has 0 radical (unpaired) electrons. The zero-order valence-corrected chi connectivity index (χ0v) is 16.7. The third-order valence-electron chi connectivity index (χ3n) is 5.57. The highest BCUT2D eigenvalue weighted by Gasteiger charge is 2.15. The summed E-state index contributed by atoms with van der Waals surface area (Å²) in [5.41, 5.74) is 7.82. The van der Waals surface area contributed by atoms with Gasteiger partial charge in [0.25, 0.3) is 5.91 Å². The molecule has 0 atom stereocenters. The molecule has 1 amide bonds. The molecule has 142 valence electrons. The zero-order chi connectivity index (χ0) is 19.2. The Bertz CT molecular complexity index is 782. The van der Waals surface area contributed by atoms with Crippen molar-refractivity contribution in [3.63, 3.8) is 0 Å². The predicted octanol–water partition coefficient (Wildman–Crippen LogP) is 6.01. The Hall–Kier alpha value is -2.42. The molecule has 3 heteroatoms. The highest BCUT2D eigenvalue weighted by molar-refractivity contribution is 6.00. The Morgan fingerprint density at radius 3 is 2.11 bits per heavy atom. The van der Waals surface area contributed by atoms with Crippen molar-refractivity contribution in [1.82, 2.24) is 5.43 Å². The van der Waals surface area contributed by atoms with E-state index in [1.807, 2.05) is 31.2 Å². The van der Waals surface area contributed by atoms with Crippen LogP contribution in [-0.4, -0.2) is 11.6 Å². The Kier molecular flexibility index (Phi) is 6.44. The number of benzene rings is 2. The molecule has 1 saturated carbocycles. The summed E-state index contributed by atoms with van der Waals surface area (Å²) in [6.45, 7) is 6.21. The highest BCUT2D eigenvalue weighted by atomic mass is 16.2. The molecular formula is C24H30N2O. The summed E-state index contributed by atoms with van der Waals surface area (Å²) in [5, 5.41) is 4.29. The Morgan fingerprint density at radius 1 is 0.926 bits per heavy atom. The number of hydrogen-bond donors (Lipinski definition) is 1. The van der Waals surface area contributed by atoms with Crippen LogP contribution >= 0.6 is 0 Å². The fraction of sp³-hybridized carbons (Fsp3) is 0.417. The van der Waals surface area contributed by atoms with Gasteiger partial charge in [-0.25, -0.2) is 5.43 Å². The van der Waals surface area contributed by atoms with Gasteiger partial charge in [0.2, 0.25) is 0 Å². The van der Waals surface area contributed by atoms with Crippen LogP contribution in [0, 0.1) is 0 Å². The van der Waals surface area contributed by atoms with Gasteiger partial charge in [0.05, 0.1) is 5.71 Å². The first kappa shape index (κ1) is 19.3. The third-order valence-corrected chi connectivity index (χ3v) is 5.57. The second kappa shape index (κ2) is 8.98. The molecule has 1 N–H and O–H groups in total. The zero-order valence-electron chi connectivity index (χ0n) is 16.7. The maximum Gasteiger partial charge on any atom is 0.271 e. The molecule has 3 nitrogen and oxygen atoms in total. The third kappa shape index (κ3) is 5.06. The van der Waals surface area contributed by atoms with Gasteiger partial charge in [-0.3, -0.25) is 4.79 Å². The molecule has 1 aliphatic carbocycles. The summed E-state index contributed by atoms with van der Waals surface area (Å²) in [6.07, 6.45) is 6.67. The number of amides is 1. The second-order valence-corrected chi connectivity index (χ2v) is 7.87. The molecular weight excluding hydrogens is 332 g/mol. The molecule has 0 aromatic heterocycles. The van der Waals surface area contributed by atoms with E-state index in [2.05, 4.69) is 48.6 Å². The number of hydrogen-bond acceptors (Lipinski definition) is 2. The topological polar surface area (TPSA) is 41.5 Å². The second-order valence-electron chi connectivity index (χ2n) is 7.87. The van der Waals surface area contributed by atoms with Gasteiger partial charge in [0.15, 0.2) is 0 Å². The van der Waals surface area contributed by atoms with Crippen LogP contribution in [0.2, 0.25) is 0 Å². The van der Waals surface area contributed by atoms with E-state index < -0.39 is 0 Å². The number of carbonyl (C=O) groups is 1. The van der Waals surface area contributed by atoms with Gasteiger partial charge in [-0.2, -0.15) is 5.10 Å². The molecule has 2 aromatic carbocycles. The molecule has 27 heavy (non-hydrogen) atoms. The fourth-order valence-electron chi connectivity index (χ4n) is 3.72. The van der Waals surface area contributed by atoms with E-state index in [0.29, 0.717) is 17.4 Å². The minimum Gasteiger partial charge on any atom is -0.267 e. The van der Waals surface area contributed by atoms with E-state index in [1.165, 1.54) is 43.2 Å². The van der Waals surface area contributed by atoms with Crippen molar-refractivity contribution in [1.29, 1.82) is 0 Å². The summed E-state index contributed by atoms with van der Waals surface area (Å²) in [7, 11) is 0. The molecule has 2 aromatic rings. The van der Waals surface area contributed by atoms with Crippen LogP contribution in [0.1, 0.15) is 91.8 Å². The van der Waals surface area contributed by atoms with E-state index >= 15 is 0 Å². The van der Waals surface area contributed by atoms with Crippen molar-refractivity contribution >= 4 is 11.6 Å². The predicted molar refractivity (Wildman–Crippen MR) is 112 cm³/mol. The first-order valence-electron chi connectivity index (χ1n) is 10.1. The van der Waals surface area contributed by atoms with Gasteiger partial charge in [0.1, 0.15) is 0 Å². The number of carbonyl (C=O) groups excluding carboxylic acids is 1. The van der Waals surface area contributed by atoms with E-state index in [1.54, 1.807) is 0 Å². The average Bonchev–Trinajstić information content (AvgIpc) is 2.72. The largest absolute Gasteiger partial charge is 0.271 e. The summed E-state index contributed by atoms with van der Waals surface area (Å²) < 4.78 is 0. The molecule has 0 saturated heterocycles. The fourth-order valence-corrected chi connectivity index (χ4v) is 3.72. The van der Waals surface area contributed by atoms with E-state index in [0.717, 1.165) is 11.3 Å². The Labute approximate surface area is 162 Å². The summed E-state index contributed by atoms with van der Waals surface area (Å²) in [4.78, 5) is 12.3. The van der Waals surface area contributed by atoms with Crippen molar-refractivity contribution in [2.24, 2.45) is 5.10 Å². The van der Waals surface area contributed by atoms with Crippen molar-refractivity contribution < 1.29 is 4.79 Å². The normalized spacial score (nSPS) is 15.8. The SMILES string of the molecule is CC(=NNC(=O)c1ccc(C(C)C)cc1)c1ccc(C2CCCCC2)cc1. The molecule has 0 heterocycles. The molecule has 0 unspecified atom stereocenters. The van der Waals surface area contributed by atoms with Crippen LogP contribution in [0.15, 0.2) is 53.6 Å². The Balaban J connectivity index is 1.61. The van der Waals surface area contributed by atoms with Crippen molar-refractivity contribution in [2.45, 2.75) is 64.7 Å². The smallest absolute Gasteiger partial charge is 0.267 e. The van der Waals surface area contributed by atoms with Gasteiger partial charge in [-0.1, -0.05) is 69.5 Å². The van der Waals surface area contributed by atoms with Crippen molar-refractivity contribution in [3.05, 3.63) is 70.8 Å².